The maximum atomic E-state index is 15.0. The van der Waals surface area contributed by atoms with Crippen LogP contribution in [-0.4, -0.2) is 150 Å². The number of hydrogen-bond acceptors (Lipinski definition) is 14. The molecule has 2 aliphatic rings. The summed E-state index contributed by atoms with van der Waals surface area (Å²) in [4.78, 5) is 136. The Balaban J connectivity index is 1.81. The van der Waals surface area contributed by atoms with Crippen molar-refractivity contribution in [2.75, 3.05) is 32.5 Å². The number of nitrogens with zero attached hydrogens (tertiary/aromatic N) is 3. The van der Waals surface area contributed by atoms with Crippen molar-refractivity contribution in [1.82, 2.24) is 36.8 Å². The predicted molar refractivity (Wildman–Crippen MR) is 308 cm³/mol. The minimum atomic E-state index is -1.69. The Morgan fingerprint density at radius 1 is 0.725 bits per heavy atom. The molecule has 25 nitrogen and oxygen atoms in total. The SMILES string of the molecule is CCOc1ccc(CC2NC(=O)CC3(CCCCC3)SSCC(C(=O)N(C)[C@@H](CCCN=C(N)N)C(=O)N[C@@H](CCCN=C(N)N)C(N)=O)NC(=O)[C@H](CC(N)=O)NC(=O)[C@H](C(C)C)NC(=O)C(Cc3ccccc3)NC2=O)cc1. The minimum Gasteiger partial charge on any atom is -0.494 e. The Labute approximate surface area is 475 Å². The monoisotopic (exact) mass is 1150 g/mol. The van der Waals surface area contributed by atoms with Gasteiger partial charge in [0.25, 0.3) is 0 Å². The molecule has 1 saturated heterocycles. The molecule has 2 aromatic rings. The first-order valence-corrected chi connectivity index (χ1v) is 29.2. The molecule has 80 heavy (non-hydrogen) atoms. The summed E-state index contributed by atoms with van der Waals surface area (Å²) in [5, 5.41) is 16.5. The van der Waals surface area contributed by atoms with Gasteiger partial charge in [0.15, 0.2) is 11.9 Å². The summed E-state index contributed by atoms with van der Waals surface area (Å²) in [5.74, 6) is -7.76. The van der Waals surface area contributed by atoms with Gasteiger partial charge in [0, 0.05) is 49.9 Å². The molecule has 2 fully saturated rings. The molecule has 1 aliphatic heterocycles. The van der Waals surface area contributed by atoms with E-state index in [1.807, 2.05) is 6.92 Å². The lowest BCUT2D eigenvalue weighted by Crippen LogP contribution is -2.62. The fourth-order valence-corrected chi connectivity index (χ4v) is 12.6. The van der Waals surface area contributed by atoms with Crippen LogP contribution in [0.25, 0.3) is 0 Å². The number of benzene rings is 2. The van der Waals surface area contributed by atoms with E-state index >= 15 is 4.79 Å². The zero-order chi connectivity index (χ0) is 58.9. The van der Waals surface area contributed by atoms with Crippen LogP contribution < -0.4 is 71.0 Å². The van der Waals surface area contributed by atoms with E-state index in [0.717, 1.165) is 24.2 Å². The van der Waals surface area contributed by atoms with Crippen LogP contribution in [0.2, 0.25) is 0 Å². The predicted octanol–water partition coefficient (Wildman–Crippen LogP) is -0.782. The lowest BCUT2D eigenvalue weighted by atomic mass is 9.85. The Hall–Kier alpha value is -7.29. The number of nitrogens with one attached hydrogen (secondary N) is 6. The number of hydrogen-bond donors (Lipinski definition) is 12. The maximum absolute atomic E-state index is 15.0. The van der Waals surface area contributed by atoms with E-state index in [2.05, 4.69) is 41.9 Å². The van der Waals surface area contributed by atoms with E-state index in [0.29, 0.717) is 36.3 Å². The molecule has 27 heteroatoms. The average molecular weight is 1150 g/mol. The van der Waals surface area contributed by atoms with Gasteiger partial charge in [0.05, 0.1) is 13.0 Å². The van der Waals surface area contributed by atoms with E-state index in [1.54, 1.807) is 68.4 Å². The molecular formula is C53H81N15O10S2. The van der Waals surface area contributed by atoms with Crippen LogP contribution >= 0.6 is 21.6 Å². The van der Waals surface area contributed by atoms with Gasteiger partial charge in [-0.3, -0.25) is 53.1 Å². The van der Waals surface area contributed by atoms with Crippen LogP contribution in [0, 0.1) is 5.92 Å². The molecule has 0 aromatic heterocycles. The number of primary amides is 2. The van der Waals surface area contributed by atoms with Crippen molar-refractivity contribution in [3.63, 3.8) is 0 Å². The summed E-state index contributed by atoms with van der Waals surface area (Å²) in [6.45, 7) is 5.76. The first kappa shape index (κ1) is 65.2. The third kappa shape index (κ3) is 21.7. The number of nitrogens with two attached hydrogens (primary N) is 6. The largest absolute Gasteiger partial charge is 0.494 e. The van der Waals surface area contributed by atoms with Gasteiger partial charge in [-0.05, 0) is 74.6 Å². The zero-order valence-corrected chi connectivity index (χ0v) is 47.7. The number of guanidine groups is 2. The fourth-order valence-electron chi connectivity index (χ4n) is 9.27. The number of carbonyl (C=O) groups excluding carboxylic acids is 9. The molecule has 1 heterocycles. The van der Waals surface area contributed by atoms with E-state index in [1.165, 1.54) is 28.6 Å². The average Bonchev–Trinajstić information content (AvgIpc) is 3.44. The third-order valence-corrected chi connectivity index (χ3v) is 16.8. The summed E-state index contributed by atoms with van der Waals surface area (Å²) in [6.07, 6.45) is 3.22. The van der Waals surface area contributed by atoms with Crippen LogP contribution in [0.4, 0.5) is 0 Å². The second-order valence-electron chi connectivity index (χ2n) is 20.3. The Morgan fingerprint density at radius 2 is 1.29 bits per heavy atom. The van der Waals surface area contributed by atoms with Gasteiger partial charge in [0.1, 0.15) is 48.0 Å². The van der Waals surface area contributed by atoms with Crippen molar-refractivity contribution >= 4 is 86.7 Å². The van der Waals surface area contributed by atoms with Gasteiger partial charge >= 0.3 is 0 Å². The number of amides is 9. The Morgan fingerprint density at radius 3 is 1.86 bits per heavy atom. The molecular weight excluding hydrogens is 1070 g/mol. The summed E-state index contributed by atoms with van der Waals surface area (Å²) in [5.41, 5.74) is 34.8. The van der Waals surface area contributed by atoms with Crippen LogP contribution in [-0.2, 0) is 56.0 Å². The van der Waals surface area contributed by atoms with E-state index < -0.39 is 113 Å². The summed E-state index contributed by atoms with van der Waals surface area (Å²) in [7, 11) is 3.87. The van der Waals surface area contributed by atoms with Gasteiger partial charge in [-0.15, -0.1) is 0 Å². The molecule has 7 atom stereocenters. The molecule has 1 spiro atoms. The molecule has 3 unspecified atom stereocenters. The van der Waals surface area contributed by atoms with E-state index in [4.69, 9.17) is 39.1 Å². The second kappa shape index (κ2) is 32.7. The van der Waals surface area contributed by atoms with Gasteiger partial charge in [0.2, 0.25) is 53.2 Å². The fraction of sp³-hybridized carbons (Fsp3) is 0.566. The molecule has 0 bridgehead atoms. The van der Waals surface area contributed by atoms with Crippen molar-refractivity contribution in [3.05, 3.63) is 65.7 Å². The highest BCUT2D eigenvalue weighted by Crippen LogP contribution is 2.48. The number of ether oxygens (including phenoxy) is 1. The van der Waals surface area contributed by atoms with Gasteiger partial charge in [-0.2, -0.15) is 0 Å². The standard InChI is InChI=1S/C53H81N15O10S2/c1-5-78-34-20-18-33(19-21-34)27-36-45(72)64-37(26-32-14-8-6-9-15-32)47(74)67-43(31(2)3)49(76)65-38(28-41(54)69)46(73)66-39(30-79-80-53(29-42(70)62-36)22-10-7-11-23-53)50(77)68(4)40(17-13-25-61-52(58)59)48(75)63-35(44(55)71)16-12-24-60-51(56)57/h6,8-9,14-15,18-21,31,35-40,43H,5,7,10-13,16-17,22-30H2,1-4H3,(H2,54,69)(H2,55,71)(H,62,70)(H,63,75)(H,64,72)(H,65,76)(H,66,73)(H,67,74)(H4,56,57,60)(H4,58,59,61)/t35-,36?,37?,38-,39?,40-,43-/m0/s1. The number of rotatable bonds is 22. The summed E-state index contributed by atoms with van der Waals surface area (Å²) >= 11 is 0. The van der Waals surface area contributed by atoms with Gasteiger partial charge in [-0.25, -0.2) is 0 Å². The smallest absolute Gasteiger partial charge is 0.246 e. The van der Waals surface area contributed by atoms with Crippen LogP contribution in [0.5, 0.6) is 5.75 Å². The van der Waals surface area contributed by atoms with Crippen molar-refractivity contribution in [2.45, 2.75) is 151 Å². The molecule has 440 valence electrons. The molecule has 18 N–H and O–H groups in total. The van der Waals surface area contributed by atoms with Crippen LogP contribution in [0.3, 0.4) is 0 Å². The van der Waals surface area contributed by atoms with E-state index in [-0.39, 0.29) is 75.7 Å². The van der Waals surface area contributed by atoms with Crippen molar-refractivity contribution in [1.29, 1.82) is 0 Å². The first-order chi connectivity index (χ1) is 38.0. The number of likely N-dealkylation sites (N-methyl/N-ethyl adjacent to an activating group) is 1. The molecule has 2 aromatic carbocycles. The highest BCUT2D eigenvalue weighted by Gasteiger charge is 2.41. The molecule has 1 saturated carbocycles. The number of carbonyl (C=O) groups is 9. The minimum absolute atomic E-state index is 0.0205. The Kier molecular flexibility index (Phi) is 26.7. The van der Waals surface area contributed by atoms with E-state index in [9.17, 15) is 38.4 Å². The Bertz CT molecular complexity index is 2490. The second-order valence-corrected chi connectivity index (χ2v) is 23.1. The quantitative estimate of drug-likeness (QED) is 0.0298. The summed E-state index contributed by atoms with van der Waals surface area (Å²) < 4.78 is 4.90. The summed E-state index contributed by atoms with van der Waals surface area (Å²) in [6, 6.07) is 6.46. The maximum Gasteiger partial charge on any atom is 0.246 e. The lowest BCUT2D eigenvalue weighted by molar-refractivity contribution is -0.142. The number of aliphatic imine (C=N–C) groups is 2. The zero-order valence-electron chi connectivity index (χ0n) is 46.0. The molecule has 0 radical (unpaired) electrons. The highest BCUT2D eigenvalue weighted by atomic mass is 33.1. The normalized spacial score (nSPS) is 21.2. The first-order valence-electron chi connectivity index (χ1n) is 26.8. The van der Waals surface area contributed by atoms with Crippen molar-refractivity contribution < 1.29 is 47.9 Å². The highest BCUT2D eigenvalue weighted by molar-refractivity contribution is 8.77. The van der Waals surface area contributed by atoms with Crippen molar-refractivity contribution in [2.24, 2.45) is 50.3 Å². The molecule has 4 rings (SSSR count). The van der Waals surface area contributed by atoms with Crippen LogP contribution in [0.1, 0.15) is 103 Å². The van der Waals surface area contributed by atoms with Crippen molar-refractivity contribution in [3.8, 4) is 5.75 Å². The lowest BCUT2D eigenvalue weighted by Gasteiger charge is -2.37. The van der Waals surface area contributed by atoms with Gasteiger partial charge < -0.3 is 75.9 Å². The molecule has 1 aliphatic carbocycles. The third-order valence-electron chi connectivity index (χ3n) is 13.5. The molecule has 9 amide bonds. The topological polar surface area (TPSA) is 419 Å². The van der Waals surface area contributed by atoms with Gasteiger partial charge in [-0.1, -0.05) is 97.2 Å². The van der Waals surface area contributed by atoms with Crippen LogP contribution in [0.15, 0.2) is 64.6 Å².